The van der Waals surface area contributed by atoms with Crippen LogP contribution in [-0.2, 0) is 9.53 Å². The van der Waals surface area contributed by atoms with Gasteiger partial charge in [0.2, 0.25) is 0 Å². The molecule has 2 aromatic rings. The SMILES string of the molecule is CCCCOc1ccccc1C(=O)NC(=S)NNC(=O)COc1ccc(C(=O)OCC)cc1. The normalized spacial score (nSPS) is 10.0. The van der Waals surface area contributed by atoms with Crippen molar-refractivity contribution in [1.82, 2.24) is 16.2 Å². The van der Waals surface area contributed by atoms with Gasteiger partial charge in [-0.1, -0.05) is 25.5 Å². The fourth-order valence-corrected chi connectivity index (χ4v) is 2.67. The maximum atomic E-state index is 12.5. The summed E-state index contributed by atoms with van der Waals surface area (Å²) in [6.45, 7) is 4.25. The number of hydrogen-bond acceptors (Lipinski definition) is 7. The summed E-state index contributed by atoms with van der Waals surface area (Å²) in [7, 11) is 0. The smallest absolute Gasteiger partial charge is 0.338 e. The number of unbranched alkanes of at least 4 members (excludes halogenated alkanes) is 1. The Bertz CT molecular complexity index is 965. The van der Waals surface area contributed by atoms with Crippen molar-refractivity contribution >= 4 is 35.1 Å². The van der Waals surface area contributed by atoms with E-state index in [2.05, 4.69) is 16.2 Å². The number of hydrazine groups is 1. The Morgan fingerprint density at radius 3 is 2.36 bits per heavy atom. The molecule has 2 amide bonds. The van der Waals surface area contributed by atoms with Crippen molar-refractivity contribution in [2.45, 2.75) is 26.7 Å². The van der Waals surface area contributed by atoms with Crippen molar-refractivity contribution in [2.75, 3.05) is 19.8 Å². The third kappa shape index (κ3) is 8.77. The van der Waals surface area contributed by atoms with Gasteiger partial charge < -0.3 is 14.2 Å². The summed E-state index contributed by atoms with van der Waals surface area (Å²) in [6.07, 6.45) is 1.85. The van der Waals surface area contributed by atoms with E-state index >= 15 is 0 Å². The van der Waals surface area contributed by atoms with Crippen molar-refractivity contribution in [3.63, 3.8) is 0 Å². The summed E-state index contributed by atoms with van der Waals surface area (Å²) < 4.78 is 15.9. The van der Waals surface area contributed by atoms with E-state index in [-0.39, 0.29) is 18.3 Å². The number of thiocarbonyl (C=S) groups is 1. The van der Waals surface area contributed by atoms with Gasteiger partial charge in [-0.25, -0.2) is 4.79 Å². The van der Waals surface area contributed by atoms with E-state index in [9.17, 15) is 14.4 Å². The second kappa shape index (κ2) is 13.7. The molecule has 2 rings (SSSR count). The average molecular weight is 474 g/mol. The predicted octanol–water partition coefficient (Wildman–Crippen LogP) is 2.76. The first-order valence-corrected chi connectivity index (χ1v) is 10.9. The number of benzene rings is 2. The molecule has 9 nitrogen and oxygen atoms in total. The van der Waals surface area contributed by atoms with Crippen LogP contribution >= 0.6 is 12.2 Å². The van der Waals surface area contributed by atoms with Crippen LogP contribution in [0.2, 0.25) is 0 Å². The van der Waals surface area contributed by atoms with Crippen molar-refractivity contribution in [2.24, 2.45) is 0 Å². The molecule has 0 aliphatic carbocycles. The molecule has 0 aliphatic heterocycles. The lowest BCUT2D eigenvalue weighted by Gasteiger charge is -2.13. The molecule has 3 N–H and O–H groups in total. The van der Waals surface area contributed by atoms with Gasteiger partial charge in [-0.2, -0.15) is 0 Å². The van der Waals surface area contributed by atoms with Crippen LogP contribution in [0.5, 0.6) is 11.5 Å². The summed E-state index contributed by atoms with van der Waals surface area (Å²) in [5.41, 5.74) is 5.50. The molecule has 0 fully saturated rings. The van der Waals surface area contributed by atoms with E-state index in [1.54, 1.807) is 43.3 Å². The van der Waals surface area contributed by atoms with Gasteiger partial charge in [0, 0.05) is 0 Å². The number of carbonyl (C=O) groups is 3. The molecule has 0 spiro atoms. The molecule has 33 heavy (non-hydrogen) atoms. The van der Waals surface area contributed by atoms with E-state index in [1.807, 2.05) is 6.92 Å². The zero-order valence-electron chi connectivity index (χ0n) is 18.5. The minimum atomic E-state index is -0.524. The first-order chi connectivity index (χ1) is 15.9. The van der Waals surface area contributed by atoms with Crippen LogP contribution in [0, 0.1) is 0 Å². The lowest BCUT2D eigenvalue weighted by Crippen LogP contribution is -2.49. The predicted molar refractivity (Wildman–Crippen MR) is 126 cm³/mol. The van der Waals surface area contributed by atoms with Crippen LogP contribution in [0.1, 0.15) is 47.4 Å². The third-order valence-corrected chi connectivity index (χ3v) is 4.37. The Hall–Kier alpha value is -3.66. The standard InChI is InChI=1S/C23H27N3O6S/c1-3-5-14-31-19-9-7-6-8-18(19)21(28)24-23(33)26-25-20(27)15-32-17-12-10-16(11-13-17)22(29)30-4-2/h6-13H,3-5,14-15H2,1-2H3,(H,25,27)(H2,24,26,28,33). The van der Waals surface area contributed by atoms with Gasteiger partial charge in [0.05, 0.1) is 24.3 Å². The van der Waals surface area contributed by atoms with Crippen molar-refractivity contribution < 1.29 is 28.6 Å². The topological polar surface area (TPSA) is 115 Å². The van der Waals surface area contributed by atoms with E-state index in [0.29, 0.717) is 29.2 Å². The minimum Gasteiger partial charge on any atom is -0.493 e. The van der Waals surface area contributed by atoms with Crippen molar-refractivity contribution in [1.29, 1.82) is 0 Å². The molecular weight excluding hydrogens is 446 g/mol. The quantitative estimate of drug-likeness (QED) is 0.209. The number of amides is 2. The molecule has 0 heterocycles. The zero-order valence-corrected chi connectivity index (χ0v) is 19.3. The minimum absolute atomic E-state index is 0.0875. The lowest BCUT2D eigenvalue weighted by molar-refractivity contribution is -0.123. The summed E-state index contributed by atoms with van der Waals surface area (Å²) in [4.78, 5) is 36.1. The molecule has 0 aromatic heterocycles. The Balaban J connectivity index is 1.76. The third-order valence-electron chi connectivity index (χ3n) is 4.17. The number of carbonyl (C=O) groups excluding carboxylic acids is 3. The highest BCUT2D eigenvalue weighted by Crippen LogP contribution is 2.18. The number of ether oxygens (including phenoxy) is 3. The van der Waals surface area contributed by atoms with Gasteiger partial charge >= 0.3 is 5.97 Å². The first kappa shape index (κ1) is 25.6. The molecule has 0 radical (unpaired) electrons. The highest BCUT2D eigenvalue weighted by atomic mass is 32.1. The average Bonchev–Trinajstić information content (AvgIpc) is 2.82. The molecule has 0 atom stereocenters. The molecule has 0 aliphatic rings. The monoisotopic (exact) mass is 473 g/mol. The molecule has 10 heteroatoms. The van der Waals surface area contributed by atoms with Crippen LogP contribution in [0.4, 0.5) is 0 Å². The van der Waals surface area contributed by atoms with Crippen LogP contribution < -0.4 is 25.6 Å². The summed E-state index contributed by atoms with van der Waals surface area (Å²) in [5, 5.41) is 2.40. The number of esters is 1. The highest BCUT2D eigenvalue weighted by Gasteiger charge is 2.14. The van der Waals surface area contributed by atoms with Crippen LogP contribution in [0.15, 0.2) is 48.5 Å². The first-order valence-electron chi connectivity index (χ1n) is 10.5. The Kier molecular flexibility index (Phi) is 10.6. The Labute approximate surface area is 197 Å². The van der Waals surface area contributed by atoms with Crippen LogP contribution in [0.25, 0.3) is 0 Å². The maximum Gasteiger partial charge on any atom is 0.338 e. The summed E-state index contributed by atoms with van der Waals surface area (Å²) >= 11 is 5.05. The van der Waals surface area contributed by atoms with E-state index in [4.69, 9.17) is 26.4 Å². The van der Waals surface area contributed by atoms with E-state index in [0.717, 1.165) is 12.8 Å². The number of para-hydroxylation sites is 1. The second-order valence-electron chi connectivity index (χ2n) is 6.69. The molecular formula is C23H27N3O6S. The number of rotatable bonds is 10. The molecule has 0 bridgehead atoms. The second-order valence-corrected chi connectivity index (χ2v) is 7.10. The van der Waals surface area contributed by atoms with Gasteiger partial charge in [0.15, 0.2) is 11.7 Å². The highest BCUT2D eigenvalue weighted by molar-refractivity contribution is 7.80. The zero-order chi connectivity index (χ0) is 24.1. The number of nitrogens with one attached hydrogen (secondary N) is 3. The molecule has 2 aromatic carbocycles. The van der Waals surface area contributed by atoms with Gasteiger partial charge in [0.25, 0.3) is 11.8 Å². The fourth-order valence-electron chi connectivity index (χ4n) is 2.52. The summed E-state index contributed by atoms with van der Waals surface area (Å²) in [6, 6.07) is 13.0. The Morgan fingerprint density at radius 2 is 1.67 bits per heavy atom. The Morgan fingerprint density at radius 1 is 0.939 bits per heavy atom. The van der Waals surface area contributed by atoms with Crippen molar-refractivity contribution in [3.05, 3.63) is 59.7 Å². The van der Waals surface area contributed by atoms with Gasteiger partial charge in [-0.15, -0.1) is 0 Å². The summed E-state index contributed by atoms with van der Waals surface area (Å²) in [5.74, 6) is -0.570. The van der Waals surface area contributed by atoms with Gasteiger partial charge in [0.1, 0.15) is 11.5 Å². The fraction of sp³-hybridized carbons (Fsp3) is 0.304. The molecule has 0 saturated heterocycles. The van der Waals surface area contributed by atoms with E-state index in [1.165, 1.54) is 12.1 Å². The van der Waals surface area contributed by atoms with Gasteiger partial charge in [-0.05, 0) is 62.0 Å². The van der Waals surface area contributed by atoms with E-state index < -0.39 is 17.8 Å². The largest absolute Gasteiger partial charge is 0.493 e. The molecule has 0 unspecified atom stereocenters. The van der Waals surface area contributed by atoms with Crippen LogP contribution in [0.3, 0.4) is 0 Å². The van der Waals surface area contributed by atoms with Crippen LogP contribution in [-0.4, -0.2) is 42.7 Å². The van der Waals surface area contributed by atoms with Gasteiger partial charge in [-0.3, -0.25) is 25.8 Å². The molecule has 0 saturated carbocycles. The van der Waals surface area contributed by atoms with Crippen molar-refractivity contribution in [3.8, 4) is 11.5 Å². The number of hydrogen-bond donors (Lipinski definition) is 3. The lowest BCUT2D eigenvalue weighted by atomic mass is 10.2. The molecule has 176 valence electrons. The maximum absolute atomic E-state index is 12.5.